The molecule has 0 atom stereocenters. The van der Waals surface area contributed by atoms with Crippen molar-refractivity contribution >= 4 is 0 Å². The Bertz CT molecular complexity index is 558. The van der Waals surface area contributed by atoms with Crippen LogP contribution in [-0.2, 0) is 17.9 Å². The number of hydrogen-bond acceptors (Lipinski definition) is 3. The Kier molecular flexibility index (Phi) is 4.49. The molecule has 0 fully saturated rings. The van der Waals surface area contributed by atoms with Crippen molar-refractivity contribution in [1.82, 2.24) is 0 Å². The van der Waals surface area contributed by atoms with E-state index in [0.717, 1.165) is 5.56 Å². The van der Waals surface area contributed by atoms with Crippen molar-refractivity contribution in [2.75, 3.05) is 7.11 Å². The van der Waals surface area contributed by atoms with Gasteiger partial charge in [0.15, 0.2) is 0 Å². The Morgan fingerprint density at radius 1 is 1.16 bits per heavy atom. The fourth-order valence-corrected chi connectivity index (χ4v) is 1.82. The summed E-state index contributed by atoms with van der Waals surface area (Å²) in [5.74, 6) is 0.722. The van der Waals surface area contributed by atoms with Crippen molar-refractivity contribution in [3.8, 4) is 11.5 Å². The molecule has 0 unspecified atom stereocenters. The second-order valence-corrected chi connectivity index (χ2v) is 4.10. The minimum absolute atomic E-state index is 0.0970. The van der Waals surface area contributed by atoms with Gasteiger partial charge < -0.3 is 15.2 Å². The summed E-state index contributed by atoms with van der Waals surface area (Å²) in [5.41, 5.74) is 6.91. The zero-order valence-electron chi connectivity index (χ0n) is 10.7. The molecule has 0 saturated carbocycles. The van der Waals surface area contributed by atoms with Gasteiger partial charge in [-0.1, -0.05) is 18.2 Å². The van der Waals surface area contributed by atoms with Crippen LogP contribution in [0, 0.1) is 5.82 Å². The number of ether oxygens (including phenoxy) is 2. The number of halogens is 1. The van der Waals surface area contributed by atoms with Crippen LogP contribution >= 0.6 is 0 Å². The van der Waals surface area contributed by atoms with Crippen LogP contribution in [0.15, 0.2) is 42.5 Å². The van der Waals surface area contributed by atoms with Crippen LogP contribution in [0.4, 0.5) is 4.39 Å². The highest BCUT2D eigenvalue weighted by Crippen LogP contribution is 2.27. The smallest absolute Gasteiger partial charge is 0.134 e. The first-order chi connectivity index (χ1) is 9.24. The topological polar surface area (TPSA) is 44.5 Å². The molecule has 0 bridgehead atoms. The fraction of sp³-hybridized carbons (Fsp3) is 0.200. The van der Waals surface area contributed by atoms with Crippen LogP contribution < -0.4 is 10.5 Å². The Morgan fingerprint density at radius 2 is 1.95 bits per heavy atom. The summed E-state index contributed by atoms with van der Waals surface area (Å²) in [6.45, 7) is 0.601. The van der Waals surface area contributed by atoms with Crippen LogP contribution in [0.5, 0.6) is 11.5 Å². The van der Waals surface area contributed by atoms with Gasteiger partial charge in [-0.05, 0) is 29.8 Å². The zero-order valence-corrected chi connectivity index (χ0v) is 10.7. The van der Waals surface area contributed by atoms with Gasteiger partial charge in [-0.25, -0.2) is 4.39 Å². The molecule has 0 aromatic heterocycles. The average molecular weight is 261 g/mol. The molecular weight excluding hydrogens is 245 g/mol. The Labute approximate surface area is 111 Å². The second kappa shape index (κ2) is 6.31. The van der Waals surface area contributed by atoms with E-state index in [0.29, 0.717) is 23.7 Å². The first-order valence-electron chi connectivity index (χ1n) is 5.97. The summed E-state index contributed by atoms with van der Waals surface area (Å²) in [4.78, 5) is 0. The van der Waals surface area contributed by atoms with Gasteiger partial charge in [-0.2, -0.15) is 0 Å². The van der Waals surface area contributed by atoms with E-state index >= 15 is 0 Å². The second-order valence-electron chi connectivity index (χ2n) is 4.10. The van der Waals surface area contributed by atoms with Gasteiger partial charge >= 0.3 is 0 Å². The quantitative estimate of drug-likeness (QED) is 0.898. The largest absolute Gasteiger partial charge is 0.457 e. The Hall–Kier alpha value is -1.91. The highest BCUT2D eigenvalue weighted by atomic mass is 19.1. The van der Waals surface area contributed by atoms with Gasteiger partial charge in [-0.3, -0.25) is 0 Å². The number of rotatable bonds is 5. The minimum atomic E-state index is -0.354. The summed E-state index contributed by atoms with van der Waals surface area (Å²) in [6.07, 6.45) is 0. The first-order valence-corrected chi connectivity index (χ1v) is 5.97. The molecule has 0 aliphatic carbocycles. The molecule has 0 radical (unpaired) electrons. The summed E-state index contributed by atoms with van der Waals surface area (Å²) < 4.78 is 24.3. The molecule has 0 aliphatic rings. The number of benzene rings is 2. The van der Waals surface area contributed by atoms with E-state index in [9.17, 15) is 4.39 Å². The van der Waals surface area contributed by atoms with E-state index in [-0.39, 0.29) is 12.4 Å². The minimum Gasteiger partial charge on any atom is -0.457 e. The molecule has 100 valence electrons. The molecule has 2 rings (SSSR count). The normalized spacial score (nSPS) is 10.5. The van der Waals surface area contributed by atoms with Crippen molar-refractivity contribution in [3.63, 3.8) is 0 Å². The molecular formula is C15H16FNO2. The molecule has 0 saturated heterocycles. The van der Waals surface area contributed by atoms with E-state index in [1.54, 1.807) is 19.2 Å². The Morgan fingerprint density at radius 3 is 2.68 bits per heavy atom. The lowest BCUT2D eigenvalue weighted by Crippen LogP contribution is -2.02. The summed E-state index contributed by atoms with van der Waals surface area (Å²) >= 11 is 0. The van der Waals surface area contributed by atoms with E-state index in [2.05, 4.69) is 0 Å². The molecule has 3 nitrogen and oxygen atoms in total. The van der Waals surface area contributed by atoms with Gasteiger partial charge in [0.05, 0.1) is 6.61 Å². The van der Waals surface area contributed by atoms with Crippen molar-refractivity contribution in [2.24, 2.45) is 5.73 Å². The maximum absolute atomic E-state index is 13.6. The molecule has 19 heavy (non-hydrogen) atoms. The van der Waals surface area contributed by atoms with Crippen LogP contribution in [-0.4, -0.2) is 7.11 Å². The SMILES string of the molecule is COCc1cccc(Oc2cccc(F)c2CN)c1. The maximum Gasteiger partial charge on any atom is 0.134 e. The van der Waals surface area contributed by atoms with Gasteiger partial charge in [0, 0.05) is 19.2 Å². The third kappa shape index (κ3) is 3.30. The van der Waals surface area contributed by atoms with Gasteiger partial charge in [-0.15, -0.1) is 0 Å². The Balaban J connectivity index is 2.26. The molecule has 4 heteroatoms. The molecule has 0 heterocycles. The summed E-state index contributed by atoms with van der Waals surface area (Å²) in [6, 6.07) is 12.1. The van der Waals surface area contributed by atoms with Crippen molar-refractivity contribution in [2.45, 2.75) is 13.2 Å². The fourth-order valence-electron chi connectivity index (χ4n) is 1.82. The van der Waals surface area contributed by atoms with Crippen LogP contribution in [0.25, 0.3) is 0 Å². The predicted octanol–water partition coefficient (Wildman–Crippen LogP) is 3.22. The van der Waals surface area contributed by atoms with E-state index in [4.69, 9.17) is 15.2 Å². The monoisotopic (exact) mass is 261 g/mol. The van der Waals surface area contributed by atoms with Crippen LogP contribution in [0.2, 0.25) is 0 Å². The predicted molar refractivity (Wildman–Crippen MR) is 71.5 cm³/mol. The molecule has 2 aromatic carbocycles. The summed E-state index contributed by atoms with van der Waals surface area (Å²) in [7, 11) is 1.63. The van der Waals surface area contributed by atoms with E-state index in [1.165, 1.54) is 6.07 Å². The van der Waals surface area contributed by atoms with Crippen molar-refractivity contribution in [1.29, 1.82) is 0 Å². The first kappa shape index (κ1) is 13.5. The van der Waals surface area contributed by atoms with Crippen LogP contribution in [0.3, 0.4) is 0 Å². The van der Waals surface area contributed by atoms with E-state index in [1.807, 2.05) is 24.3 Å². The molecule has 0 spiro atoms. The van der Waals surface area contributed by atoms with Crippen molar-refractivity contribution < 1.29 is 13.9 Å². The van der Waals surface area contributed by atoms with Gasteiger partial charge in [0.2, 0.25) is 0 Å². The zero-order chi connectivity index (χ0) is 13.7. The third-order valence-corrected chi connectivity index (χ3v) is 2.72. The number of methoxy groups -OCH3 is 1. The lowest BCUT2D eigenvalue weighted by molar-refractivity contribution is 0.184. The van der Waals surface area contributed by atoms with Crippen molar-refractivity contribution in [3.05, 3.63) is 59.4 Å². The highest BCUT2D eigenvalue weighted by molar-refractivity contribution is 5.39. The maximum atomic E-state index is 13.6. The molecule has 2 aromatic rings. The number of nitrogens with two attached hydrogens (primary N) is 1. The third-order valence-electron chi connectivity index (χ3n) is 2.72. The van der Waals surface area contributed by atoms with Gasteiger partial charge in [0.1, 0.15) is 17.3 Å². The molecule has 2 N–H and O–H groups in total. The van der Waals surface area contributed by atoms with Crippen LogP contribution in [0.1, 0.15) is 11.1 Å². The lowest BCUT2D eigenvalue weighted by atomic mass is 10.2. The van der Waals surface area contributed by atoms with Gasteiger partial charge in [0.25, 0.3) is 0 Å². The molecule has 0 amide bonds. The lowest BCUT2D eigenvalue weighted by Gasteiger charge is -2.11. The average Bonchev–Trinajstić information content (AvgIpc) is 2.40. The summed E-state index contributed by atoms with van der Waals surface area (Å²) in [5, 5.41) is 0. The molecule has 0 aliphatic heterocycles. The standard InChI is InChI=1S/C15H16FNO2/c1-18-10-11-4-2-5-12(8-11)19-15-7-3-6-14(16)13(15)9-17/h2-8H,9-10,17H2,1H3. The number of hydrogen-bond donors (Lipinski definition) is 1. The van der Waals surface area contributed by atoms with E-state index < -0.39 is 0 Å². The highest BCUT2D eigenvalue weighted by Gasteiger charge is 2.08.